The molecule has 1 unspecified atom stereocenters. The summed E-state index contributed by atoms with van der Waals surface area (Å²) in [6.45, 7) is 4.84. The molecule has 4 rings (SSSR count). The lowest BCUT2D eigenvalue weighted by molar-refractivity contribution is -0.128. The summed E-state index contributed by atoms with van der Waals surface area (Å²) in [5.41, 5.74) is 8.74. The fourth-order valence-corrected chi connectivity index (χ4v) is 4.26. The highest BCUT2D eigenvalue weighted by atomic mass is 16.5. The van der Waals surface area contributed by atoms with Crippen LogP contribution in [0.3, 0.4) is 0 Å². The zero-order chi connectivity index (χ0) is 28.6. The Bertz CT molecular complexity index is 1470. The number of esters is 1. The third-order valence-corrected chi connectivity index (χ3v) is 6.41. The van der Waals surface area contributed by atoms with Crippen molar-refractivity contribution < 1.29 is 28.5 Å². The van der Waals surface area contributed by atoms with Crippen LogP contribution in [-0.2, 0) is 4.79 Å². The van der Waals surface area contributed by atoms with E-state index in [1.165, 1.54) is 6.08 Å². The van der Waals surface area contributed by atoms with Crippen molar-refractivity contribution in [3.63, 3.8) is 0 Å². The topological polar surface area (TPSA) is 113 Å². The molecule has 1 aliphatic rings. The first-order valence-corrected chi connectivity index (χ1v) is 12.9. The summed E-state index contributed by atoms with van der Waals surface area (Å²) in [5.74, 6) is 2.02. The molecule has 0 amide bonds. The number of rotatable bonds is 10. The van der Waals surface area contributed by atoms with Crippen molar-refractivity contribution >= 4 is 12.0 Å². The Kier molecular flexibility index (Phi) is 8.97. The van der Waals surface area contributed by atoms with Crippen molar-refractivity contribution in [2.75, 3.05) is 20.8 Å². The van der Waals surface area contributed by atoms with Crippen LogP contribution in [0.4, 0.5) is 0 Å². The molecule has 8 heteroatoms. The molecule has 0 spiro atoms. The summed E-state index contributed by atoms with van der Waals surface area (Å²) in [5, 5.41) is 9.92. The molecule has 1 atom stereocenters. The highest BCUT2D eigenvalue weighted by molar-refractivity contribution is 5.88. The maximum Gasteiger partial charge on any atom is 0.336 e. The van der Waals surface area contributed by atoms with Gasteiger partial charge in [0.15, 0.2) is 11.5 Å². The van der Waals surface area contributed by atoms with Crippen molar-refractivity contribution in [1.82, 2.24) is 0 Å². The van der Waals surface area contributed by atoms with E-state index in [4.69, 9.17) is 29.4 Å². The molecule has 0 bridgehead atoms. The predicted octanol–water partition coefficient (Wildman–Crippen LogP) is 5.97. The Morgan fingerprint density at radius 3 is 2.45 bits per heavy atom. The lowest BCUT2D eigenvalue weighted by atomic mass is 9.83. The van der Waals surface area contributed by atoms with Crippen molar-refractivity contribution in [3.8, 4) is 34.8 Å². The summed E-state index contributed by atoms with van der Waals surface area (Å²) in [7, 11) is 3.17. The van der Waals surface area contributed by atoms with Gasteiger partial charge in [-0.15, -0.1) is 0 Å². The van der Waals surface area contributed by atoms with Gasteiger partial charge in [0.05, 0.1) is 26.7 Å². The van der Waals surface area contributed by atoms with E-state index in [2.05, 4.69) is 19.9 Å². The first kappa shape index (κ1) is 28.1. The van der Waals surface area contributed by atoms with E-state index < -0.39 is 11.9 Å². The molecular formula is C32H32N2O6. The molecule has 8 nitrogen and oxygen atoms in total. The summed E-state index contributed by atoms with van der Waals surface area (Å²) in [6.07, 6.45) is 3.90. The van der Waals surface area contributed by atoms with Gasteiger partial charge in [-0.2, -0.15) is 5.26 Å². The summed E-state index contributed by atoms with van der Waals surface area (Å²) < 4.78 is 27.9. The van der Waals surface area contributed by atoms with E-state index in [1.807, 2.05) is 30.3 Å². The SMILES string of the molecule is COc1ccc(/C=C/C(=O)Oc2ccc3c(c2)OC(N)=C(C#N)C3c2ccc(OCCC(C)C)c(OC)c2)cc1. The molecule has 40 heavy (non-hydrogen) atoms. The molecule has 3 aromatic carbocycles. The van der Waals surface area contributed by atoms with Gasteiger partial charge in [0.1, 0.15) is 28.9 Å². The van der Waals surface area contributed by atoms with Crippen molar-refractivity contribution in [2.24, 2.45) is 11.7 Å². The lowest BCUT2D eigenvalue weighted by Crippen LogP contribution is -2.21. The van der Waals surface area contributed by atoms with Gasteiger partial charge >= 0.3 is 5.97 Å². The van der Waals surface area contributed by atoms with Gasteiger partial charge in [-0.1, -0.05) is 38.1 Å². The molecule has 0 fully saturated rings. The Hall–Kier alpha value is -4.90. The summed E-state index contributed by atoms with van der Waals surface area (Å²) >= 11 is 0. The Morgan fingerprint density at radius 1 is 1.02 bits per heavy atom. The van der Waals surface area contributed by atoms with E-state index in [9.17, 15) is 10.1 Å². The first-order chi connectivity index (χ1) is 19.3. The first-order valence-electron chi connectivity index (χ1n) is 12.9. The van der Waals surface area contributed by atoms with Crippen LogP contribution in [0.5, 0.6) is 28.7 Å². The van der Waals surface area contributed by atoms with Crippen LogP contribution in [0.15, 0.2) is 78.2 Å². The van der Waals surface area contributed by atoms with E-state index in [1.54, 1.807) is 50.6 Å². The monoisotopic (exact) mass is 540 g/mol. The smallest absolute Gasteiger partial charge is 0.336 e. The van der Waals surface area contributed by atoms with Crippen molar-refractivity contribution in [1.29, 1.82) is 5.26 Å². The fourth-order valence-electron chi connectivity index (χ4n) is 4.26. The average Bonchev–Trinajstić information content (AvgIpc) is 2.95. The summed E-state index contributed by atoms with van der Waals surface area (Å²) in [4.78, 5) is 12.5. The maximum atomic E-state index is 12.5. The number of hydrogen-bond acceptors (Lipinski definition) is 8. The van der Waals surface area contributed by atoms with Crippen molar-refractivity contribution in [3.05, 3.63) is 94.9 Å². The average molecular weight is 541 g/mol. The summed E-state index contributed by atoms with van der Waals surface area (Å²) in [6, 6.07) is 20.0. The number of allylic oxidation sites excluding steroid dienone is 1. The molecule has 0 saturated carbocycles. The Morgan fingerprint density at radius 2 is 1.77 bits per heavy atom. The van der Waals surface area contributed by atoms with E-state index in [0.717, 1.165) is 23.3 Å². The number of carbonyl (C=O) groups is 1. The number of fused-ring (bicyclic) bond motifs is 1. The minimum atomic E-state index is -0.554. The number of nitrogens with two attached hydrogens (primary N) is 1. The highest BCUT2D eigenvalue weighted by Gasteiger charge is 2.31. The highest BCUT2D eigenvalue weighted by Crippen LogP contribution is 2.45. The van der Waals surface area contributed by atoms with Gasteiger partial charge in [0.2, 0.25) is 5.88 Å². The molecule has 1 heterocycles. The molecule has 0 saturated heterocycles. The molecular weight excluding hydrogens is 508 g/mol. The number of ether oxygens (including phenoxy) is 5. The minimum Gasteiger partial charge on any atom is -0.497 e. The largest absolute Gasteiger partial charge is 0.497 e. The van der Waals surface area contributed by atoms with Crippen LogP contribution < -0.4 is 29.4 Å². The Labute approximate surface area is 234 Å². The van der Waals surface area contributed by atoms with Gasteiger partial charge in [0.25, 0.3) is 0 Å². The molecule has 3 aromatic rings. The number of nitriles is 1. The van der Waals surface area contributed by atoms with Gasteiger partial charge in [0, 0.05) is 17.7 Å². The van der Waals surface area contributed by atoms with Gasteiger partial charge < -0.3 is 29.4 Å². The molecule has 206 valence electrons. The van der Waals surface area contributed by atoms with E-state index >= 15 is 0 Å². The molecule has 2 N–H and O–H groups in total. The van der Waals surface area contributed by atoms with Crippen LogP contribution in [0, 0.1) is 17.2 Å². The van der Waals surface area contributed by atoms with E-state index in [0.29, 0.717) is 35.3 Å². The van der Waals surface area contributed by atoms with E-state index in [-0.39, 0.29) is 17.2 Å². The molecule has 1 aliphatic heterocycles. The number of carbonyl (C=O) groups excluding carboxylic acids is 1. The minimum absolute atomic E-state index is 0.0147. The van der Waals surface area contributed by atoms with Crippen LogP contribution in [0.1, 0.15) is 42.9 Å². The number of nitrogens with zero attached hydrogens (tertiary/aromatic N) is 1. The third-order valence-electron chi connectivity index (χ3n) is 6.41. The molecule has 0 radical (unpaired) electrons. The standard InChI is InChI=1S/C32H32N2O6/c1-20(2)15-16-38-27-13-8-22(17-29(27)37-4)31-25-12-11-24(18-28(25)40-32(34)26(31)19-33)39-30(35)14-7-21-5-9-23(36-3)10-6-21/h5-14,17-18,20,31H,15-16,34H2,1-4H3/b14-7+. The van der Waals surface area contributed by atoms with Crippen molar-refractivity contribution in [2.45, 2.75) is 26.2 Å². The zero-order valence-corrected chi connectivity index (χ0v) is 23.0. The second-order valence-corrected chi connectivity index (χ2v) is 9.59. The van der Waals surface area contributed by atoms with Crippen LogP contribution >= 0.6 is 0 Å². The molecule has 0 aliphatic carbocycles. The predicted molar refractivity (Wildman–Crippen MR) is 151 cm³/mol. The number of hydrogen-bond donors (Lipinski definition) is 1. The van der Waals surface area contributed by atoms with Gasteiger partial charge in [-0.05, 0) is 59.9 Å². The second kappa shape index (κ2) is 12.8. The fraction of sp³-hybridized carbons (Fsp3) is 0.250. The molecule has 0 aromatic heterocycles. The second-order valence-electron chi connectivity index (χ2n) is 9.59. The lowest BCUT2D eigenvalue weighted by Gasteiger charge is -2.27. The van der Waals surface area contributed by atoms with Crippen LogP contribution in [0.2, 0.25) is 0 Å². The quantitative estimate of drug-likeness (QED) is 0.190. The third kappa shape index (κ3) is 6.56. The van der Waals surface area contributed by atoms with Gasteiger partial charge in [-0.25, -0.2) is 4.79 Å². The van der Waals surface area contributed by atoms with Gasteiger partial charge in [-0.3, -0.25) is 0 Å². The Balaban J connectivity index is 1.57. The zero-order valence-electron chi connectivity index (χ0n) is 23.0. The number of benzene rings is 3. The normalized spacial score (nSPS) is 14.3. The maximum absolute atomic E-state index is 12.5. The van der Waals surface area contributed by atoms with Crippen LogP contribution in [-0.4, -0.2) is 26.8 Å². The number of methoxy groups -OCH3 is 2. The van der Waals surface area contributed by atoms with Crippen LogP contribution in [0.25, 0.3) is 6.08 Å².